The van der Waals surface area contributed by atoms with Gasteiger partial charge in [-0.25, -0.2) is 4.79 Å². The van der Waals surface area contributed by atoms with Crippen LogP contribution in [-0.4, -0.2) is 27.2 Å². The smallest absolute Gasteiger partial charge is 0.353 e. The summed E-state index contributed by atoms with van der Waals surface area (Å²) in [4.78, 5) is 22.8. The fourth-order valence-electron chi connectivity index (χ4n) is 1.85. The van der Waals surface area contributed by atoms with E-state index >= 15 is 0 Å². The number of benzene rings is 1. The Morgan fingerprint density at radius 2 is 1.89 bits per heavy atom. The Balaban J connectivity index is 2.23. The summed E-state index contributed by atoms with van der Waals surface area (Å²) in [5.74, 6) is -1.25. The molecule has 0 atom stereocenters. The highest BCUT2D eigenvalue weighted by Gasteiger charge is 2.14. The number of carbonyl (C=O) groups excluding carboxylic acids is 1. The minimum Gasteiger partial charge on any atom is -0.477 e. The Labute approximate surface area is 109 Å². The number of carboxylic acids is 1. The topological polar surface area (TPSA) is 95.1 Å². The monoisotopic (exact) mass is 259 g/mol. The number of aromatic carboxylic acids is 1. The van der Waals surface area contributed by atoms with Gasteiger partial charge in [0.1, 0.15) is 5.69 Å². The van der Waals surface area contributed by atoms with E-state index < -0.39 is 5.97 Å². The Morgan fingerprint density at radius 1 is 1.26 bits per heavy atom. The first-order valence-corrected chi connectivity index (χ1v) is 5.65. The molecule has 1 amide bonds. The van der Waals surface area contributed by atoms with Gasteiger partial charge in [-0.3, -0.25) is 9.89 Å². The number of hydrogen-bond donors (Lipinski definition) is 3. The molecule has 0 unspecified atom stereocenters. The molecule has 1 aromatic carbocycles. The zero-order valence-electron chi connectivity index (χ0n) is 10.5. The summed E-state index contributed by atoms with van der Waals surface area (Å²) in [5, 5.41) is 17.4. The average molecular weight is 259 g/mol. The second-order valence-corrected chi connectivity index (χ2v) is 4.19. The summed E-state index contributed by atoms with van der Waals surface area (Å²) < 4.78 is 0. The Kier molecular flexibility index (Phi) is 3.33. The SMILES string of the molecule is Cc1cccc(C)c1C(=O)Nc1cc(C(=O)O)[nH]n1. The molecular formula is C13H13N3O3. The van der Waals surface area contributed by atoms with Crippen molar-refractivity contribution in [2.45, 2.75) is 13.8 Å². The van der Waals surface area contributed by atoms with Crippen molar-refractivity contribution >= 4 is 17.7 Å². The third-order valence-corrected chi connectivity index (χ3v) is 2.76. The molecule has 2 aromatic rings. The number of carboxylic acid groups (broad SMARTS) is 1. The van der Waals surface area contributed by atoms with E-state index in [9.17, 15) is 9.59 Å². The maximum atomic E-state index is 12.1. The highest BCUT2D eigenvalue weighted by molar-refractivity contribution is 6.06. The molecule has 3 N–H and O–H groups in total. The van der Waals surface area contributed by atoms with Crippen molar-refractivity contribution in [3.63, 3.8) is 0 Å². The Bertz CT molecular complexity index is 626. The van der Waals surface area contributed by atoms with Gasteiger partial charge in [0.2, 0.25) is 0 Å². The van der Waals surface area contributed by atoms with Crippen LogP contribution in [0.4, 0.5) is 5.82 Å². The first-order valence-electron chi connectivity index (χ1n) is 5.65. The van der Waals surface area contributed by atoms with Crippen LogP contribution in [0.1, 0.15) is 32.0 Å². The molecule has 1 heterocycles. The van der Waals surface area contributed by atoms with Gasteiger partial charge in [0.15, 0.2) is 5.82 Å². The van der Waals surface area contributed by atoms with Gasteiger partial charge in [-0.15, -0.1) is 0 Å². The highest BCUT2D eigenvalue weighted by Crippen LogP contribution is 2.15. The molecule has 0 bridgehead atoms. The van der Waals surface area contributed by atoms with Crippen molar-refractivity contribution in [2.75, 3.05) is 5.32 Å². The van der Waals surface area contributed by atoms with E-state index in [-0.39, 0.29) is 17.4 Å². The quantitative estimate of drug-likeness (QED) is 0.785. The number of H-pyrrole nitrogens is 1. The van der Waals surface area contributed by atoms with Gasteiger partial charge in [0, 0.05) is 11.6 Å². The van der Waals surface area contributed by atoms with Crippen LogP contribution in [0.15, 0.2) is 24.3 Å². The van der Waals surface area contributed by atoms with Gasteiger partial charge in [0.25, 0.3) is 5.91 Å². The van der Waals surface area contributed by atoms with E-state index in [1.165, 1.54) is 6.07 Å². The number of nitrogens with one attached hydrogen (secondary N) is 2. The molecule has 0 spiro atoms. The molecule has 2 rings (SSSR count). The lowest BCUT2D eigenvalue weighted by Gasteiger charge is -2.08. The number of anilines is 1. The molecule has 1 aromatic heterocycles. The van der Waals surface area contributed by atoms with Crippen LogP contribution < -0.4 is 5.32 Å². The summed E-state index contributed by atoms with van der Waals surface area (Å²) in [6.07, 6.45) is 0. The number of aromatic amines is 1. The predicted octanol–water partition coefficient (Wildman–Crippen LogP) is 1.98. The maximum absolute atomic E-state index is 12.1. The first-order chi connectivity index (χ1) is 8.99. The second-order valence-electron chi connectivity index (χ2n) is 4.19. The molecule has 0 aliphatic rings. The molecule has 0 aliphatic carbocycles. The van der Waals surface area contributed by atoms with E-state index in [1.54, 1.807) is 0 Å². The fraction of sp³-hybridized carbons (Fsp3) is 0.154. The standard InChI is InChI=1S/C13H13N3O3/c1-7-4-3-5-8(2)11(7)12(17)14-10-6-9(13(18)19)15-16-10/h3-6H,1-2H3,(H,18,19)(H2,14,15,16,17). The Hall–Kier alpha value is -2.63. The van der Waals surface area contributed by atoms with Crippen LogP contribution in [-0.2, 0) is 0 Å². The number of aromatic nitrogens is 2. The molecule has 0 saturated carbocycles. The number of amides is 1. The summed E-state index contributed by atoms with van der Waals surface area (Å²) in [6.45, 7) is 3.68. The van der Waals surface area contributed by atoms with Crippen molar-refractivity contribution in [2.24, 2.45) is 0 Å². The third kappa shape index (κ3) is 2.62. The number of aryl methyl sites for hydroxylation is 2. The van der Waals surface area contributed by atoms with Gasteiger partial charge in [-0.1, -0.05) is 18.2 Å². The van der Waals surface area contributed by atoms with Crippen LogP contribution in [0.2, 0.25) is 0 Å². The lowest BCUT2D eigenvalue weighted by Crippen LogP contribution is -2.15. The van der Waals surface area contributed by atoms with Crippen molar-refractivity contribution in [1.82, 2.24) is 10.2 Å². The molecule has 19 heavy (non-hydrogen) atoms. The maximum Gasteiger partial charge on any atom is 0.353 e. The number of rotatable bonds is 3. The van der Waals surface area contributed by atoms with Gasteiger partial charge in [-0.2, -0.15) is 5.10 Å². The van der Waals surface area contributed by atoms with Crippen molar-refractivity contribution in [1.29, 1.82) is 0 Å². The highest BCUT2D eigenvalue weighted by atomic mass is 16.4. The molecule has 6 heteroatoms. The van der Waals surface area contributed by atoms with Crippen LogP contribution in [0.25, 0.3) is 0 Å². The predicted molar refractivity (Wildman–Crippen MR) is 69.4 cm³/mol. The zero-order valence-corrected chi connectivity index (χ0v) is 10.5. The average Bonchev–Trinajstić information content (AvgIpc) is 2.77. The zero-order chi connectivity index (χ0) is 14.0. The van der Waals surface area contributed by atoms with E-state index in [1.807, 2.05) is 32.0 Å². The van der Waals surface area contributed by atoms with E-state index in [0.717, 1.165) is 11.1 Å². The summed E-state index contributed by atoms with van der Waals surface area (Å²) in [6, 6.07) is 6.83. The molecular weight excluding hydrogens is 246 g/mol. The molecule has 0 radical (unpaired) electrons. The largest absolute Gasteiger partial charge is 0.477 e. The lowest BCUT2D eigenvalue weighted by atomic mass is 10.0. The Morgan fingerprint density at radius 3 is 2.42 bits per heavy atom. The minimum atomic E-state index is -1.12. The molecule has 0 fully saturated rings. The van der Waals surface area contributed by atoms with Gasteiger partial charge in [-0.05, 0) is 25.0 Å². The van der Waals surface area contributed by atoms with E-state index in [2.05, 4.69) is 15.5 Å². The number of carbonyl (C=O) groups is 2. The first kappa shape index (κ1) is 12.8. The number of nitrogens with zero attached hydrogens (tertiary/aromatic N) is 1. The summed E-state index contributed by atoms with van der Waals surface area (Å²) >= 11 is 0. The van der Waals surface area contributed by atoms with Gasteiger partial charge in [0.05, 0.1) is 0 Å². The third-order valence-electron chi connectivity index (χ3n) is 2.76. The van der Waals surface area contributed by atoms with E-state index in [0.29, 0.717) is 5.56 Å². The fourth-order valence-corrected chi connectivity index (χ4v) is 1.85. The van der Waals surface area contributed by atoms with E-state index in [4.69, 9.17) is 5.11 Å². The molecule has 98 valence electrons. The summed E-state index contributed by atoms with van der Waals surface area (Å²) in [7, 11) is 0. The van der Waals surface area contributed by atoms with Crippen LogP contribution in [0.3, 0.4) is 0 Å². The van der Waals surface area contributed by atoms with Gasteiger partial charge < -0.3 is 10.4 Å². The van der Waals surface area contributed by atoms with Crippen molar-refractivity contribution in [3.8, 4) is 0 Å². The minimum absolute atomic E-state index is 0.0724. The summed E-state index contributed by atoms with van der Waals surface area (Å²) in [5.41, 5.74) is 2.21. The van der Waals surface area contributed by atoms with Crippen LogP contribution in [0.5, 0.6) is 0 Å². The lowest BCUT2D eigenvalue weighted by molar-refractivity contribution is 0.0690. The normalized spacial score (nSPS) is 10.2. The van der Waals surface area contributed by atoms with Crippen LogP contribution >= 0.6 is 0 Å². The van der Waals surface area contributed by atoms with Crippen LogP contribution in [0, 0.1) is 13.8 Å². The molecule has 6 nitrogen and oxygen atoms in total. The van der Waals surface area contributed by atoms with Crippen molar-refractivity contribution < 1.29 is 14.7 Å². The molecule has 0 aliphatic heterocycles. The second kappa shape index (κ2) is 4.93. The number of hydrogen-bond acceptors (Lipinski definition) is 3. The molecule has 0 saturated heterocycles. The van der Waals surface area contributed by atoms with Crippen molar-refractivity contribution in [3.05, 3.63) is 46.6 Å². The van der Waals surface area contributed by atoms with Gasteiger partial charge >= 0.3 is 5.97 Å².